The standard InChI is InChI=1S/C28H30F4N4O3/c1-26(2,3)22-10-9-19(36-25(28(30,31)32)33-34-35-36)13-21(22)17-14-27(39-15-17)12-11-20(24(37)38-4)23(27)16-5-7-18(29)8-6-16/h5-10,13,17,20,23H,11-12,14-15H2,1-4H3. The minimum Gasteiger partial charge on any atom is -0.469 e. The molecule has 0 amide bonds. The molecule has 5 rings (SSSR count). The monoisotopic (exact) mass is 546 g/mol. The highest BCUT2D eigenvalue weighted by Gasteiger charge is 2.56. The molecule has 7 nitrogen and oxygen atoms in total. The zero-order chi connectivity index (χ0) is 28.2. The van der Waals surface area contributed by atoms with E-state index in [0.29, 0.717) is 30.6 Å². The van der Waals surface area contributed by atoms with Gasteiger partial charge in [-0.1, -0.05) is 39.0 Å². The SMILES string of the molecule is COC(=O)C1CCC2(CC(c3cc(-n4nnnc4C(F)(F)F)ccc3C(C)(C)C)CO2)C1c1ccc(F)cc1. The van der Waals surface area contributed by atoms with Crippen LogP contribution in [-0.2, 0) is 25.9 Å². The van der Waals surface area contributed by atoms with Gasteiger partial charge in [0.15, 0.2) is 0 Å². The van der Waals surface area contributed by atoms with Crippen molar-refractivity contribution < 1.29 is 31.8 Å². The number of alkyl halides is 3. The van der Waals surface area contributed by atoms with Crippen LogP contribution in [-0.4, -0.2) is 45.5 Å². The van der Waals surface area contributed by atoms with Crippen molar-refractivity contribution in [1.29, 1.82) is 0 Å². The molecule has 11 heteroatoms. The van der Waals surface area contributed by atoms with Crippen molar-refractivity contribution >= 4 is 5.97 Å². The van der Waals surface area contributed by atoms with E-state index in [1.165, 1.54) is 19.2 Å². The van der Waals surface area contributed by atoms with Crippen LogP contribution < -0.4 is 0 Å². The molecule has 39 heavy (non-hydrogen) atoms. The number of tetrazole rings is 1. The zero-order valence-corrected chi connectivity index (χ0v) is 22.1. The maximum Gasteiger partial charge on any atom is 0.453 e. The van der Waals surface area contributed by atoms with Crippen molar-refractivity contribution in [3.8, 4) is 5.69 Å². The van der Waals surface area contributed by atoms with E-state index in [4.69, 9.17) is 9.47 Å². The Kier molecular flexibility index (Phi) is 6.77. The van der Waals surface area contributed by atoms with Gasteiger partial charge in [-0.05, 0) is 76.1 Å². The van der Waals surface area contributed by atoms with E-state index in [0.717, 1.165) is 16.7 Å². The van der Waals surface area contributed by atoms with E-state index in [1.54, 1.807) is 24.3 Å². The van der Waals surface area contributed by atoms with Crippen LogP contribution in [0.5, 0.6) is 0 Å². The van der Waals surface area contributed by atoms with Gasteiger partial charge in [0.05, 0.1) is 30.9 Å². The quantitative estimate of drug-likeness (QED) is 0.307. The largest absolute Gasteiger partial charge is 0.469 e. The lowest BCUT2D eigenvalue weighted by Gasteiger charge is -2.33. The van der Waals surface area contributed by atoms with Crippen molar-refractivity contribution in [1.82, 2.24) is 20.2 Å². The molecule has 2 aliphatic rings. The number of hydrogen-bond acceptors (Lipinski definition) is 6. The van der Waals surface area contributed by atoms with Gasteiger partial charge in [-0.3, -0.25) is 4.79 Å². The molecular formula is C28H30F4N4O3. The van der Waals surface area contributed by atoms with Crippen molar-refractivity contribution in [3.05, 3.63) is 70.8 Å². The van der Waals surface area contributed by atoms with E-state index in [-0.39, 0.29) is 34.7 Å². The van der Waals surface area contributed by atoms with Crippen molar-refractivity contribution in [2.45, 2.75) is 69.1 Å². The molecule has 3 aromatic rings. The van der Waals surface area contributed by atoms with Crippen LogP contribution in [0.4, 0.5) is 17.6 Å². The number of nitrogens with zero attached hydrogens (tertiary/aromatic N) is 4. The van der Waals surface area contributed by atoms with Crippen molar-refractivity contribution in [2.75, 3.05) is 13.7 Å². The lowest BCUT2D eigenvalue weighted by molar-refractivity contribution is -0.147. The van der Waals surface area contributed by atoms with Gasteiger partial charge in [0.1, 0.15) is 5.82 Å². The molecule has 1 saturated heterocycles. The summed E-state index contributed by atoms with van der Waals surface area (Å²) in [4.78, 5) is 12.8. The van der Waals surface area contributed by atoms with Crippen LogP contribution in [0.2, 0.25) is 0 Å². The number of rotatable bonds is 4. The predicted octanol–water partition coefficient (Wildman–Crippen LogP) is 5.73. The lowest BCUT2D eigenvalue weighted by Crippen LogP contribution is -2.35. The Morgan fingerprint density at radius 1 is 1.13 bits per heavy atom. The van der Waals surface area contributed by atoms with Crippen molar-refractivity contribution in [3.63, 3.8) is 0 Å². The zero-order valence-electron chi connectivity index (χ0n) is 22.1. The molecule has 2 aromatic carbocycles. The normalized spacial score (nSPS) is 25.4. The topological polar surface area (TPSA) is 79.1 Å². The number of benzene rings is 2. The highest BCUT2D eigenvalue weighted by Crippen LogP contribution is 2.57. The Bertz CT molecular complexity index is 1370. The smallest absolute Gasteiger partial charge is 0.453 e. The summed E-state index contributed by atoms with van der Waals surface area (Å²) in [5.41, 5.74) is 1.79. The first-order valence-corrected chi connectivity index (χ1v) is 12.8. The second kappa shape index (κ2) is 9.69. The van der Waals surface area contributed by atoms with Gasteiger partial charge >= 0.3 is 12.1 Å². The molecule has 1 aliphatic heterocycles. The average molecular weight is 547 g/mol. The first-order valence-electron chi connectivity index (χ1n) is 12.8. The van der Waals surface area contributed by atoms with E-state index in [9.17, 15) is 22.4 Å². The number of carbonyl (C=O) groups excluding carboxylic acids is 1. The molecule has 1 aliphatic carbocycles. The van der Waals surface area contributed by atoms with Crippen LogP contribution in [0, 0.1) is 11.7 Å². The van der Waals surface area contributed by atoms with Crippen LogP contribution in [0.3, 0.4) is 0 Å². The third-order valence-corrected chi connectivity index (χ3v) is 8.00. The average Bonchev–Trinajstić information content (AvgIpc) is 3.62. The highest BCUT2D eigenvalue weighted by molar-refractivity contribution is 5.74. The minimum absolute atomic E-state index is 0.163. The van der Waals surface area contributed by atoms with Crippen molar-refractivity contribution in [2.24, 2.45) is 5.92 Å². The number of aromatic nitrogens is 4. The summed E-state index contributed by atoms with van der Waals surface area (Å²) in [5, 5.41) is 10.0. The van der Waals surface area contributed by atoms with Crippen LogP contribution in [0.15, 0.2) is 42.5 Å². The molecule has 0 bridgehead atoms. The molecular weight excluding hydrogens is 516 g/mol. The Balaban J connectivity index is 1.56. The molecule has 208 valence electrons. The van der Waals surface area contributed by atoms with Crippen LogP contribution in [0.25, 0.3) is 5.69 Å². The Morgan fingerprint density at radius 3 is 2.49 bits per heavy atom. The predicted molar refractivity (Wildman–Crippen MR) is 133 cm³/mol. The Morgan fingerprint density at radius 2 is 1.85 bits per heavy atom. The summed E-state index contributed by atoms with van der Waals surface area (Å²) in [6, 6.07) is 11.2. The number of esters is 1. The summed E-state index contributed by atoms with van der Waals surface area (Å²) >= 11 is 0. The fourth-order valence-corrected chi connectivity index (χ4v) is 6.33. The number of carbonyl (C=O) groups is 1. The first kappa shape index (κ1) is 27.2. The molecule has 1 saturated carbocycles. The maximum absolute atomic E-state index is 13.8. The number of halogens is 4. The second-order valence-electron chi connectivity index (χ2n) is 11.4. The Hall–Kier alpha value is -3.34. The van der Waals surface area contributed by atoms with Gasteiger partial charge < -0.3 is 9.47 Å². The number of hydrogen-bond donors (Lipinski definition) is 0. The molecule has 4 atom stereocenters. The molecule has 1 aromatic heterocycles. The molecule has 0 radical (unpaired) electrons. The third-order valence-electron chi connectivity index (χ3n) is 8.00. The summed E-state index contributed by atoms with van der Waals surface area (Å²) < 4.78 is 66.8. The fourth-order valence-electron chi connectivity index (χ4n) is 6.33. The molecule has 2 fully saturated rings. The van der Waals surface area contributed by atoms with Gasteiger partial charge in [-0.25, -0.2) is 4.39 Å². The van der Waals surface area contributed by atoms with Gasteiger partial charge in [-0.15, -0.1) is 5.10 Å². The highest BCUT2D eigenvalue weighted by atomic mass is 19.4. The Labute approximate surface area is 223 Å². The van der Waals surface area contributed by atoms with Gasteiger partial charge in [0, 0.05) is 11.8 Å². The first-order chi connectivity index (χ1) is 18.3. The van der Waals surface area contributed by atoms with Crippen LogP contribution in [0.1, 0.15) is 74.4 Å². The molecule has 4 unspecified atom stereocenters. The minimum atomic E-state index is -4.72. The number of methoxy groups -OCH3 is 1. The molecule has 2 heterocycles. The third kappa shape index (κ3) is 4.92. The summed E-state index contributed by atoms with van der Waals surface area (Å²) in [6.07, 6.45) is -3.03. The van der Waals surface area contributed by atoms with E-state index in [1.807, 2.05) is 26.8 Å². The van der Waals surface area contributed by atoms with Crippen LogP contribution >= 0.6 is 0 Å². The second-order valence-corrected chi connectivity index (χ2v) is 11.4. The maximum atomic E-state index is 13.8. The molecule has 0 N–H and O–H groups in total. The number of ether oxygens (including phenoxy) is 2. The van der Waals surface area contributed by atoms with E-state index < -0.39 is 23.5 Å². The van der Waals surface area contributed by atoms with E-state index in [2.05, 4.69) is 15.5 Å². The van der Waals surface area contributed by atoms with Gasteiger partial charge in [0.2, 0.25) is 0 Å². The summed E-state index contributed by atoms with van der Waals surface area (Å²) in [7, 11) is 1.35. The summed E-state index contributed by atoms with van der Waals surface area (Å²) in [5.74, 6) is -2.90. The lowest BCUT2D eigenvalue weighted by atomic mass is 9.74. The van der Waals surface area contributed by atoms with Gasteiger partial charge in [-0.2, -0.15) is 17.9 Å². The summed E-state index contributed by atoms with van der Waals surface area (Å²) in [6.45, 7) is 6.44. The van der Waals surface area contributed by atoms with Gasteiger partial charge in [0.25, 0.3) is 5.82 Å². The van der Waals surface area contributed by atoms with E-state index >= 15 is 0 Å². The molecule has 1 spiro atoms. The fraction of sp³-hybridized carbons (Fsp3) is 0.500.